The highest BCUT2D eigenvalue weighted by Crippen LogP contribution is 2.21. The van der Waals surface area contributed by atoms with Gasteiger partial charge in [0.05, 0.1) is 13.2 Å². The first-order valence-corrected chi connectivity index (χ1v) is 9.55. The van der Waals surface area contributed by atoms with Gasteiger partial charge in [0.15, 0.2) is 5.78 Å². The van der Waals surface area contributed by atoms with E-state index in [-0.39, 0.29) is 13.2 Å². The van der Waals surface area contributed by atoms with Crippen LogP contribution >= 0.6 is 0 Å². The molecule has 0 radical (unpaired) electrons. The topological polar surface area (TPSA) is 102 Å². The first-order chi connectivity index (χ1) is 14.4. The zero-order valence-electron chi connectivity index (χ0n) is 16.9. The molecule has 1 amide bonds. The molecule has 3 aromatic rings. The molecule has 2 aromatic carbocycles. The molecule has 0 aliphatic carbocycles. The molecular weight excluding hydrogens is 384 g/mol. The highest BCUT2D eigenvalue weighted by atomic mass is 16.5. The number of aliphatic hydroxyl groups excluding tert-OH is 1. The van der Waals surface area contributed by atoms with Crippen molar-refractivity contribution in [2.45, 2.75) is 32.6 Å². The molecule has 0 spiro atoms. The lowest BCUT2D eigenvalue weighted by Gasteiger charge is -2.26. The summed E-state index contributed by atoms with van der Waals surface area (Å²) in [6.07, 6.45) is 0. The van der Waals surface area contributed by atoms with Crippen LogP contribution in [0.25, 0.3) is 11.1 Å². The van der Waals surface area contributed by atoms with Crippen molar-refractivity contribution in [3.8, 4) is 11.1 Å². The van der Waals surface area contributed by atoms with Crippen molar-refractivity contribution in [2.24, 2.45) is 0 Å². The summed E-state index contributed by atoms with van der Waals surface area (Å²) in [5, 5.41) is 15.7. The Morgan fingerprint density at radius 1 is 1.10 bits per heavy atom. The van der Waals surface area contributed by atoms with E-state index in [1.165, 1.54) is 6.92 Å². The minimum atomic E-state index is -1.83. The summed E-state index contributed by atoms with van der Waals surface area (Å²) < 4.78 is 10.7. The molecular formula is C23H24N2O5. The molecule has 156 valence electrons. The van der Waals surface area contributed by atoms with Crippen LogP contribution in [0, 0.1) is 6.92 Å². The Balaban J connectivity index is 1.66. The molecule has 30 heavy (non-hydrogen) atoms. The number of hydrogen-bond acceptors (Lipinski definition) is 6. The Kier molecular flexibility index (Phi) is 6.76. The lowest BCUT2D eigenvalue weighted by molar-refractivity contribution is -0.161. The Labute approximate surface area is 174 Å². The van der Waals surface area contributed by atoms with Crippen LogP contribution in [0.4, 0.5) is 0 Å². The van der Waals surface area contributed by atoms with Crippen LogP contribution in [0.2, 0.25) is 0 Å². The second-order valence-electron chi connectivity index (χ2n) is 7.08. The van der Waals surface area contributed by atoms with E-state index in [9.17, 15) is 14.7 Å². The maximum atomic E-state index is 12.7. The van der Waals surface area contributed by atoms with Crippen LogP contribution in [-0.4, -0.2) is 34.2 Å². The molecule has 0 fully saturated rings. The number of aromatic nitrogens is 1. The molecule has 0 saturated heterocycles. The number of carbonyl (C=O) groups is 2. The van der Waals surface area contributed by atoms with Gasteiger partial charge in [-0.25, -0.2) is 0 Å². The zero-order chi connectivity index (χ0) is 21.6. The quantitative estimate of drug-likeness (QED) is 0.528. The molecule has 1 aromatic heterocycles. The maximum absolute atomic E-state index is 12.7. The molecule has 1 atom stereocenters. The Morgan fingerprint density at radius 3 is 2.37 bits per heavy atom. The van der Waals surface area contributed by atoms with E-state index < -0.39 is 23.9 Å². The molecule has 0 aliphatic rings. The zero-order valence-corrected chi connectivity index (χ0v) is 16.9. The summed E-state index contributed by atoms with van der Waals surface area (Å²) in [5.74, 6) is -0.760. The van der Waals surface area contributed by atoms with Crippen LogP contribution in [0.1, 0.15) is 23.9 Å². The van der Waals surface area contributed by atoms with E-state index in [4.69, 9.17) is 9.26 Å². The van der Waals surface area contributed by atoms with Crippen LogP contribution in [0.3, 0.4) is 0 Å². The van der Waals surface area contributed by atoms with E-state index >= 15 is 0 Å². The van der Waals surface area contributed by atoms with Crippen molar-refractivity contribution in [3.05, 3.63) is 77.7 Å². The number of aryl methyl sites for hydroxylation is 1. The number of Topliss-reactive ketones (excluding diaryl/α,β-unsaturated/α-hetero) is 1. The molecule has 3 rings (SSSR count). The van der Waals surface area contributed by atoms with Gasteiger partial charge in [-0.3, -0.25) is 9.59 Å². The second-order valence-corrected chi connectivity index (χ2v) is 7.08. The van der Waals surface area contributed by atoms with Gasteiger partial charge in [0.1, 0.15) is 18.1 Å². The number of amides is 1. The SMILES string of the molecule is Cc1cc(CNC(=O)[C@](C)(OCc2ccc(-c3ccccc3)cc2)C(=O)CO)no1. The van der Waals surface area contributed by atoms with Crippen molar-refractivity contribution < 1.29 is 24.0 Å². The minimum absolute atomic E-state index is 0.0355. The molecule has 0 aliphatic heterocycles. The Hall–Kier alpha value is -3.29. The van der Waals surface area contributed by atoms with Crippen molar-refractivity contribution in [3.63, 3.8) is 0 Å². The first-order valence-electron chi connectivity index (χ1n) is 9.55. The lowest BCUT2D eigenvalue weighted by atomic mass is 9.99. The fourth-order valence-corrected chi connectivity index (χ4v) is 2.92. The molecule has 1 heterocycles. The number of carbonyl (C=O) groups excluding carboxylic acids is 2. The van der Waals surface area contributed by atoms with Gasteiger partial charge in [0.25, 0.3) is 5.91 Å². The molecule has 0 unspecified atom stereocenters. The van der Waals surface area contributed by atoms with Crippen molar-refractivity contribution in [1.82, 2.24) is 10.5 Å². The van der Waals surface area contributed by atoms with E-state index in [0.29, 0.717) is 11.5 Å². The predicted molar refractivity (Wildman–Crippen MR) is 110 cm³/mol. The highest BCUT2D eigenvalue weighted by Gasteiger charge is 2.41. The number of ketones is 1. The number of benzene rings is 2. The van der Waals surface area contributed by atoms with E-state index in [1.807, 2.05) is 54.6 Å². The largest absolute Gasteiger partial charge is 0.388 e. The normalized spacial score (nSPS) is 12.9. The summed E-state index contributed by atoms with van der Waals surface area (Å²) in [4.78, 5) is 25.0. The molecule has 2 N–H and O–H groups in total. The third-order valence-electron chi connectivity index (χ3n) is 4.80. The van der Waals surface area contributed by atoms with Crippen molar-refractivity contribution in [2.75, 3.05) is 6.61 Å². The van der Waals surface area contributed by atoms with Gasteiger partial charge in [-0.15, -0.1) is 0 Å². The van der Waals surface area contributed by atoms with Crippen LogP contribution < -0.4 is 5.32 Å². The smallest absolute Gasteiger partial charge is 0.260 e. The van der Waals surface area contributed by atoms with Crippen LogP contribution in [0.15, 0.2) is 65.2 Å². The van der Waals surface area contributed by atoms with E-state index in [1.54, 1.807) is 13.0 Å². The summed E-state index contributed by atoms with van der Waals surface area (Å²) in [5.41, 5.74) is 1.63. The number of ether oxygens (including phenoxy) is 1. The molecule has 0 saturated carbocycles. The van der Waals surface area contributed by atoms with Crippen molar-refractivity contribution in [1.29, 1.82) is 0 Å². The average molecular weight is 408 g/mol. The minimum Gasteiger partial charge on any atom is -0.388 e. The maximum Gasteiger partial charge on any atom is 0.260 e. The van der Waals surface area contributed by atoms with Crippen molar-refractivity contribution >= 4 is 11.7 Å². The molecule has 7 nitrogen and oxygen atoms in total. The second kappa shape index (κ2) is 9.47. The summed E-state index contributed by atoms with van der Waals surface area (Å²) in [7, 11) is 0. The fourth-order valence-electron chi connectivity index (χ4n) is 2.92. The van der Waals surface area contributed by atoms with Gasteiger partial charge >= 0.3 is 0 Å². The highest BCUT2D eigenvalue weighted by molar-refractivity contribution is 6.09. The summed E-state index contributed by atoms with van der Waals surface area (Å²) >= 11 is 0. The number of aliphatic hydroxyl groups is 1. The number of hydrogen-bond donors (Lipinski definition) is 2. The third-order valence-corrected chi connectivity index (χ3v) is 4.80. The van der Waals surface area contributed by atoms with Gasteiger partial charge in [0, 0.05) is 6.07 Å². The predicted octanol–water partition coefficient (Wildman–Crippen LogP) is 2.80. The number of nitrogens with one attached hydrogen (secondary N) is 1. The average Bonchev–Trinajstić information content (AvgIpc) is 3.21. The first kappa shape index (κ1) is 21.4. The Bertz CT molecular complexity index is 998. The lowest BCUT2D eigenvalue weighted by Crippen LogP contribution is -2.53. The van der Waals surface area contributed by atoms with Gasteiger partial charge in [-0.1, -0.05) is 59.8 Å². The molecule has 0 bridgehead atoms. The summed E-state index contributed by atoms with van der Waals surface area (Å²) in [6.45, 7) is 2.41. The third kappa shape index (κ3) is 5.00. The van der Waals surface area contributed by atoms with Crippen LogP contribution in [-0.2, 0) is 27.5 Å². The van der Waals surface area contributed by atoms with E-state index in [0.717, 1.165) is 16.7 Å². The van der Waals surface area contributed by atoms with Crippen LogP contribution in [0.5, 0.6) is 0 Å². The number of nitrogens with zero attached hydrogens (tertiary/aromatic N) is 1. The Morgan fingerprint density at radius 2 is 1.77 bits per heavy atom. The van der Waals surface area contributed by atoms with Gasteiger partial charge in [-0.2, -0.15) is 0 Å². The standard InChI is InChI=1S/C23H24N2O5/c1-16-12-20(25-30-16)13-24-22(28)23(2,21(27)14-26)29-15-17-8-10-19(11-9-17)18-6-4-3-5-7-18/h3-12,26H,13-15H2,1-2H3,(H,24,28)/t23-/m1/s1. The van der Waals surface area contributed by atoms with Gasteiger partial charge in [-0.05, 0) is 30.5 Å². The monoisotopic (exact) mass is 408 g/mol. The fraction of sp³-hybridized carbons (Fsp3) is 0.261. The summed E-state index contributed by atoms with van der Waals surface area (Å²) in [6, 6.07) is 19.3. The van der Waals surface area contributed by atoms with Gasteiger partial charge in [0.2, 0.25) is 5.60 Å². The molecule has 7 heteroatoms. The van der Waals surface area contributed by atoms with E-state index in [2.05, 4.69) is 10.5 Å². The van der Waals surface area contributed by atoms with Gasteiger partial charge < -0.3 is 19.7 Å². The number of rotatable bonds is 9.